The van der Waals surface area contributed by atoms with Crippen LogP contribution >= 0.6 is 0 Å². The van der Waals surface area contributed by atoms with Crippen molar-refractivity contribution in [2.75, 3.05) is 32.6 Å². The van der Waals surface area contributed by atoms with Crippen LogP contribution in [0.25, 0.3) is 0 Å². The van der Waals surface area contributed by atoms with Gasteiger partial charge in [0.25, 0.3) is 5.91 Å². The number of para-hydroxylation sites is 1. The van der Waals surface area contributed by atoms with Gasteiger partial charge in [-0.2, -0.15) is 0 Å². The van der Waals surface area contributed by atoms with Gasteiger partial charge >= 0.3 is 0 Å². The first-order valence-corrected chi connectivity index (χ1v) is 4.91. The lowest BCUT2D eigenvalue weighted by Crippen LogP contribution is -2.25. The van der Waals surface area contributed by atoms with Crippen molar-refractivity contribution < 1.29 is 9.53 Å². The minimum absolute atomic E-state index is 0.0319. The molecule has 0 bridgehead atoms. The number of nitrogens with zero attached hydrogens (tertiary/aromatic N) is 1. The second-order valence-corrected chi connectivity index (χ2v) is 3.66. The van der Waals surface area contributed by atoms with Crippen LogP contribution < -0.4 is 10.1 Å². The molecule has 1 aliphatic rings. The average Bonchev–Trinajstić information content (AvgIpc) is 2.27. The van der Waals surface area contributed by atoms with E-state index >= 15 is 0 Å². The van der Waals surface area contributed by atoms with Crippen LogP contribution in [-0.4, -0.2) is 38.1 Å². The Balaban J connectivity index is 2.43. The Kier molecular flexibility index (Phi) is 2.49. The van der Waals surface area contributed by atoms with Crippen molar-refractivity contribution in [1.82, 2.24) is 4.90 Å². The van der Waals surface area contributed by atoms with Crippen molar-refractivity contribution in [1.29, 1.82) is 0 Å². The Morgan fingerprint density at radius 2 is 2.27 bits per heavy atom. The highest BCUT2D eigenvalue weighted by molar-refractivity contribution is 5.98. The molecule has 1 N–H and O–H groups in total. The van der Waals surface area contributed by atoms with E-state index in [1.54, 1.807) is 25.1 Å². The molecule has 1 aromatic carbocycles. The second-order valence-electron chi connectivity index (χ2n) is 3.66. The van der Waals surface area contributed by atoms with E-state index in [9.17, 15) is 4.79 Å². The number of anilines is 1. The van der Waals surface area contributed by atoms with E-state index in [2.05, 4.69) is 5.32 Å². The van der Waals surface area contributed by atoms with E-state index in [4.69, 9.17) is 4.74 Å². The zero-order chi connectivity index (χ0) is 10.8. The van der Waals surface area contributed by atoms with Crippen molar-refractivity contribution in [2.24, 2.45) is 0 Å². The van der Waals surface area contributed by atoms with Crippen LogP contribution in [0.15, 0.2) is 18.2 Å². The predicted molar refractivity (Wildman–Crippen MR) is 58.4 cm³/mol. The summed E-state index contributed by atoms with van der Waals surface area (Å²) in [6, 6.07) is 5.56. The normalized spacial score (nSPS) is 13.5. The Labute approximate surface area is 88.8 Å². The first-order chi connectivity index (χ1) is 7.20. The maximum Gasteiger partial charge on any atom is 0.257 e. The summed E-state index contributed by atoms with van der Waals surface area (Å²) in [4.78, 5) is 13.4. The number of nitrogens with one attached hydrogen (secondary N) is 1. The SMILES string of the molecule is CN(C)C(=O)c1cccc2c1OCCN2. The van der Waals surface area contributed by atoms with E-state index in [0.29, 0.717) is 17.9 Å². The molecule has 0 atom stereocenters. The Morgan fingerprint density at radius 1 is 1.47 bits per heavy atom. The summed E-state index contributed by atoms with van der Waals surface area (Å²) < 4.78 is 5.52. The van der Waals surface area contributed by atoms with Crippen LogP contribution in [0.1, 0.15) is 10.4 Å². The molecule has 80 valence electrons. The molecule has 4 heteroatoms. The predicted octanol–water partition coefficient (Wildman–Crippen LogP) is 1.19. The van der Waals surface area contributed by atoms with Crippen LogP contribution in [0.5, 0.6) is 5.75 Å². The molecule has 1 aliphatic heterocycles. The third-order valence-electron chi connectivity index (χ3n) is 2.32. The Morgan fingerprint density at radius 3 is 3.00 bits per heavy atom. The first-order valence-electron chi connectivity index (χ1n) is 4.91. The molecule has 0 radical (unpaired) electrons. The summed E-state index contributed by atoms with van der Waals surface area (Å²) in [5, 5.41) is 3.20. The molecule has 0 saturated heterocycles. The lowest BCUT2D eigenvalue weighted by atomic mass is 10.1. The van der Waals surface area contributed by atoms with Gasteiger partial charge in [0.15, 0.2) is 5.75 Å². The zero-order valence-electron chi connectivity index (χ0n) is 8.91. The van der Waals surface area contributed by atoms with Gasteiger partial charge in [-0.05, 0) is 12.1 Å². The number of hydrogen-bond donors (Lipinski definition) is 1. The number of amides is 1. The molecular weight excluding hydrogens is 192 g/mol. The molecular formula is C11H14N2O2. The molecule has 1 heterocycles. The number of benzene rings is 1. The molecule has 0 aliphatic carbocycles. The van der Waals surface area contributed by atoms with Gasteiger partial charge in [0.1, 0.15) is 6.61 Å². The van der Waals surface area contributed by atoms with Crippen LogP contribution in [0.4, 0.5) is 5.69 Å². The number of carbonyl (C=O) groups is 1. The number of hydrogen-bond acceptors (Lipinski definition) is 3. The molecule has 1 amide bonds. The second kappa shape index (κ2) is 3.81. The maximum atomic E-state index is 11.8. The molecule has 4 nitrogen and oxygen atoms in total. The van der Waals surface area contributed by atoms with E-state index in [-0.39, 0.29) is 5.91 Å². The van der Waals surface area contributed by atoms with Crippen LogP contribution in [0, 0.1) is 0 Å². The summed E-state index contributed by atoms with van der Waals surface area (Å²) in [7, 11) is 3.47. The van der Waals surface area contributed by atoms with E-state index in [1.807, 2.05) is 12.1 Å². The van der Waals surface area contributed by atoms with Gasteiger partial charge in [0, 0.05) is 20.6 Å². The zero-order valence-corrected chi connectivity index (χ0v) is 8.91. The summed E-state index contributed by atoms with van der Waals surface area (Å²) >= 11 is 0. The largest absolute Gasteiger partial charge is 0.489 e. The van der Waals surface area contributed by atoms with Gasteiger partial charge in [-0.3, -0.25) is 4.79 Å². The lowest BCUT2D eigenvalue weighted by molar-refractivity contribution is 0.0823. The molecule has 0 saturated carbocycles. The number of fused-ring (bicyclic) bond motifs is 1. The third kappa shape index (κ3) is 1.75. The molecule has 0 unspecified atom stereocenters. The average molecular weight is 206 g/mol. The fraction of sp³-hybridized carbons (Fsp3) is 0.364. The van der Waals surface area contributed by atoms with Crippen LogP contribution in [0.2, 0.25) is 0 Å². The van der Waals surface area contributed by atoms with Crippen molar-refractivity contribution in [3.05, 3.63) is 23.8 Å². The number of carbonyl (C=O) groups excluding carboxylic acids is 1. The van der Waals surface area contributed by atoms with Gasteiger partial charge in [-0.15, -0.1) is 0 Å². The fourth-order valence-corrected chi connectivity index (χ4v) is 1.58. The summed E-state index contributed by atoms with van der Waals surface area (Å²) in [6.07, 6.45) is 0. The van der Waals surface area contributed by atoms with Gasteiger partial charge in [0.2, 0.25) is 0 Å². The summed E-state index contributed by atoms with van der Waals surface area (Å²) in [5.41, 5.74) is 1.51. The van der Waals surface area contributed by atoms with E-state index in [0.717, 1.165) is 12.2 Å². The molecule has 0 spiro atoms. The Bertz CT molecular complexity index is 388. The molecule has 0 fully saturated rings. The maximum absolute atomic E-state index is 11.8. The van der Waals surface area contributed by atoms with Crippen LogP contribution in [-0.2, 0) is 0 Å². The minimum Gasteiger partial charge on any atom is -0.489 e. The van der Waals surface area contributed by atoms with Gasteiger partial charge in [-0.25, -0.2) is 0 Å². The third-order valence-corrected chi connectivity index (χ3v) is 2.32. The van der Waals surface area contributed by atoms with Crippen molar-refractivity contribution in [3.63, 3.8) is 0 Å². The van der Waals surface area contributed by atoms with Gasteiger partial charge < -0.3 is 15.0 Å². The fourth-order valence-electron chi connectivity index (χ4n) is 1.58. The monoisotopic (exact) mass is 206 g/mol. The summed E-state index contributed by atoms with van der Waals surface area (Å²) in [5.74, 6) is 0.637. The Hall–Kier alpha value is -1.71. The first kappa shape index (κ1) is 9.83. The van der Waals surface area contributed by atoms with E-state index < -0.39 is 0 Å². The summed E-state index contributed by atoms with van der Waals surface area (Å²) in [6.45, 7) is 1.39. The van der Waals surface area contributed by atoms with Crippen LogP contribution in [0.3, 0.4) is 0 Å². The highest BCUT2D eigenvalue weighted by Gasteiger charge is 2.19. The molecule has 0 aromatic heterocycles. The van der Waals surface area contributed by atoms with Gasteiger partial charge in [-0.1, -0.05) is 6.07 Å². The molecule has 1 aromatic rings. The minimum atomic E-state index is -0.0319. The van der Waals surface area contributed by atoms with Crippen molar-refractivity contribution in [3.8, 4) is 5.75 Å². The standard InChI is InChI=1S/C11H14N2O2/c1-13(2)11(14)8-4-3-5-9-10(8)15-7-6-12-9/h3-5,12H,6-7H2,1-2H3. The van der Waals surface area contributed by atoms with Crippen molar-refractivity contribution in [2.45, 2.75) is 0 Å². The molecule has 2 rings (SSSR count). The van der Waals surface area contributed by atoms with E-state index in [1.165, 1.54) is 0 Å². The topological polar surface area (TPSA) is 41.6 Å². The lowest BCUT2D eigenvalue weighted by Gasteiger charge is -2.22. The highest BCUT2D eigenvalue weighted by Crippen LogP contribution is 2.31. The molecule has 15 heavy (non-hydrogen) atoms. The number of ether oxygens (including phenoxy) is 1. The highest BCUT2D eigenvalue weighted by atomic mass is 16.5. The number of rotatable bonds is 1. The van der Waals surface area contributed by atoms with Gasteiger partial charge in [0.05, 0.1) is 11.3 Å². The quantitative estimate of drug-likeness (QED) is 0.750. The van der Waals surface area contributed by atoms with Crippen molar-refractivity contribution >= 4 is 11.6 Å². The smallest absolute Gasteiger partial charge is 0.257 e.